The van der Waals surface area contributed by atoms with Crippen LogP contribution in [0.4, 0.5) is 0 Å². The molecule has 0 heterocycles. The fourth-order valence-electron chi connectivity index (χ4n) is 6.06. The van der Waals surface area contributed by atoms with Crippen molar-refractivity contribution in [2.24, 2.45) is 35.3 Å². The highest BCUT2D eigenvalue weighted by molar-refractivity contribution is 5.12. The maximum atomic E-state index is 6.37. The number of nitrogens with zero attached hydrogens (tertiary/aromatic N) is 1. The zero-order valence-corrected chi connectivity index (χ0v) is 13.6. The average Bonchev–Trinajstić information content (AvgIpc) is 3.27. The summed E-state index contributed by atoms with van der Waals surface area (Å²) in [6.45, 7) is 3.79. The highest BCUT2D eigenvalue weighted by Gasteiger charge is 2.58. The molecular weight excluding hydrogens is 260 g/mol. The highest BCUT2D eigenvalue weighted by atomic mass is 16.5. The van der Waals surface area contributed by atoms with Crippen molar-refractivity contribution in [2.75, 3.05) is 33.4 Å². The molecule has 0 spiro atoms. The van der Waals surface area contributed by atoms with E-state index in [-0.39, 0.29) is 5.54 Å². The van der Waals surface area contributed by atoms with Crippen LogP contribution in [0.15, 0.2) is 0 Å². The normalized spacial score (nSPS) is 44.7. The molecule has 0 amide bonds. The van der Waals surface area contributed by atoms with E-state index >= 15 is 0 Å². The van der Waals surface area contributed by atoms with E-state index < -0.39 is 0 Å². The van der Waals surface area contributed by atoms with Crippen LogP contribution in [-0.2, 0) is 4.74 Å². The standard InChI is InChI=1S/C18H32N2O/c1-20(4-5-21-11-13-2-3-13)18(12-19)16-7-14-6-15(9-16)10-17(18)8-14/h13-17H,2-12,19H2,1H3. The van der Waals surface area contributed by atoms with Gasteiger partial charge in [0.05, 0.1) is 6.61 Å². The largest absolute Gasteiger partial charge is 0.380 e. The van der Waals surface area contributed by atoms with Gasteiger partial charge in [-0.3, -0.25) is 4.90 Å². The molecule has 0 aromatic rings. The monoisotopic (exact) mass is 292 g/mol. The van der Waals surface area contributed by atoms with Gasteiger partial charge in [0.25, 0.3) is 0 Å². The average molecular weight is 292 g/mol. The molecule has 4 bridgehead atoms. The lowest BCUT2D eigenvalue weighted by Gasteiger charge is -2.64. The summed E-state index contributed by atoms with van der Waals surface area (Å²) < 4.78 is 5.88. The second-order valence-corrected chi connectivity index (χ2v) is 8.44. The van der Waals surface area contributed by atoms with Gasteiger partial charge in [-0.25, -0.2) is 0 Å². The molecule has 2 N–H and O–H groups in total. The summed E-state index contributed by atoms with van der Waals surface area (Å²) in [6.07, 6.45) is 10.1. The molecule has 0 aromatic carbocycles. The van der Waals surface area contributed by atoms with E-state index in [0.717, 1.165) is 55.9 Å². The van der Waals surface area contributed by atoms with Gasteiger partial charge >= 0.3 is 0 Å². The zero-order valence-electron chi connectivity index (χ0n) is 13.6. The molecule has 0 aliphatic heterocycles. The van der Waals surface area contributed by atoms with Gasteiger partial charge in [0, 0.05) is 25.2 Å². The van der Waals surface area contributed by atoms with Crippen molar-refractivity contribution < 1.29 is 4.74 Å². The Morgan fingerprint density at radius 1 is 1.05 bits per heavy atom. The lowest BCUT2D eigenvalue weighted by Crippen LogP contribution is -2.68. The van der Waals surface area contributed by atoms with Gasteiger partial charge in [-0.1, -0.05) is 0 Å². The fraction of sp³-hybridized carbons (Fsp3) is 1.00. The molecule has 0 unspecified atom stereocenters. The molecular formula is C18H32N2O. The minimum absolute atomic E-state index is 0.288. The third-order valence-corrected chi connectivity index (χ3v) is 7.21. The van der Waals surface area contributed by atoms with Crippen molar-refractivity contribution in [3.8, 4) is 0 Å². The minimum atomic E-state index is 0.288. The van der Waals surface area contributed by atoms with Crippen LogP contribution in [0, 0.1) is 29.6 Å². The van der Waals surface area contributed by atoms with Gasteiger partial charge in [0.15, 0.2) is 0 Å². The van der Waals surface area contributed by atoms with Crippen LogP contribution in [0.2, 0.25) is 0 Å². The second-order valence-electron chi connectivity index (χ2n) is 8.44. The van der Waals surface area contributed by atoms with E-state index in [0.29, 0.717) is 0 Å². The van der Waals surface area contributed by atoms with Crippen molar-refractivity contribution in [3.05, 3.63) is 0 Å². The van der Waals surface area contributed by atoms with Crippen LogP contribution >= 0.6 is 0 Å². The first kappa shape index (κ1) is 14.5. The van der Waals surface area contributed by atoms with Crippen molar-refractivity contribution in [1.82, 2.24) is 4.90 Å². The summed E-state index contributed by atoms with van der Waals surface area (Å²) in [6, 6.07) is 0. The van der Waals surface area contributed by atoms with Gasteiger partial charge in [-0.05, 0) is 81.6 Å². The van der Waals surface area contributed by atoms with E-state index in [2.05, 4.69) is 11.9 Å². The number of ether oxygens (including phenoxy) is 1. The molecule has 0 aromatic heterocycles. The Labute approximate surface area is 129 Å². The molecule has 0 atom stereocenters. The molecule has 3 heteroatoms. The maximum absolute atomic E-state index is 6.37. The highest BCUT2D eigenvalue weighted by Crippen LogP contribution is 2.59. The van der Waals surface area contributed by atoms with Crippen LogP contribution < -0.4 is 5.73 Å². The van der Waals surface area contributed by atoms with E-state index in [9.17, 15) is 0 Å². The number of rotatable bonds is 7. The predicted octanol–water partition coefficient (Wildman–Crippen LogP) is 2.50. The molecule has 0 saturated heterocycles. The van der Waals surface area contributed by atoms with Gasteiger partial charge in [0.2, 0.25) is 0 Å². The minimum Gasteiger partial charge on any atom is -0.380 e. The van der Waals surface area contributed by atoms with Crippen LogP contribution in [0.1, 0.15) is 44.9 Å². The van der Waals surface area contributed by atoms with Gasteiger partial charge in [-0.2, -0.15) is 0 Å². The van der Waals surface area contributed by atoms with Gasteiger partial charge in [0.1, 0.15) is 0 Å². The second kappa shape index (κ2) is 5.50. The first-order valence-electron chi connectivity index (χ1n) is 9.21. The molecule has 0 radical (unpaired) electrons. The lowest BCUT2D eigenvalue weighted by molar-refractivity contribution is -0.127. The van der Waals surface area contributed by atoms with E-state index in [4.69, 9.17) is 10.5 Å². The molecule has 5 saturated carbocycles. The van der Waals surface area contributed by atoms with Crippen LogP contribution in [-0.4, -0.2) is 43.8 Å². The number of hydrogen-bond donors (Lipinski definition) is 1. The Balaban J connectivity index is 1.39. The lowest BCUT2D eigenvalue weighted by atomic mass is 9.48. The first-order valence-corrected chi connectivity index (χ1v) is 9.21. The number of hydrogen-bond acceptors (Lipinski definition) is 3. The number of likely N-dealkylation sites (N-methyl/N-ethyl adjacent to an activating group) is 1. The molecule has 21 heavy (non-hydrogen) atoms. The maximum Gasteiger partial charge on any atom is 0.0593 e. The quantitative estimate of drug-likeness (QED) is 0.733. The summed E-state index contributed by atoms with van der Waals surface area (Å²) >= 11 is 0. The van der Waals surface area contributed by atoms with Gasteiger partial charge < -0.3 is 10.5 Å². The van der Waals surface area contributed by atoms with Crippen LogP contribution in [0.25, 0.3) is 0 Å². The van der Waals surface area contributed by atoms with Crippen molar-refractivity contribution in [2.45, 2.75) is 50.5 Å². The molecule has 5 aliphatic carbocycles. The summed E-state index contributed by atoms with van der Waals surface area (Å²) in [7, 11) is 2.32. The van der Waals surface area contributed by atoms with Crippen LogP contribution in [0.5, 0.6) is 0 Å². The fourth-order valence-corrected chi connectivity index (χ4v) is 6.06. The topological polar surface area (TPSA) is 38.5 Å². The molecule has 5 rings (SSSR count). The first-order chi connectivity index (χ1) is 10.2. The SMILES string of the molecule is CN(CCOCC1CC1)C1(CN)C2CC3CC(C2)CC1C3. The smallest absolute Gasteiger partial charge is 0.0593 e. The Morgan fingerprint density at radius 3 is 2.19 bits per heavy atom. The van der Waals surface area contributed by atoms with Crippen molar-refractivity contribution in [3.63, 3.8) is 0 Å². The third kappa shape index (κ3) is 2.46. The van der Waals surface area contributed by atoms with E-state index in [1.54, 1.807) is 0 Å². The molecule has 120 valence electrons. The van der Waals surface area contributed by atoms with Crippen LogP contribution in [0.3, 0.4) is 0 Å². The summed E-state index contributed by atoms with van der Waals surface area (Å²) in [4.78, 5) is 2.60. The molecule has 5 fully saturated rings. The Kier molecular flexibility index (Phi) is 3.79. The zero-order chi connectivity index (χ0) is 14.4. The third-order valence-electron chi connectivity index (χ3n) is 7.21. The van der Waals surface area contributed by atoms with Crippen molar-refractivity contribution in [1.29, 1.82) is 0 Å². The Bertz CT molecular complexity index is 351. The summed E-state index contributed by atoms with van der Waals surface area (Å²) in [5.74, 6) is 4.62. The van der Waals surface area contributed by atoms with E-state index in [1.807, 2.05) is 0 Å². The van der Waals surface area contributed by atoms with Gasteiger partial charge in [-0.15, -0.1) is 0 Å². The van der Waals surface area contributed by atoms with E-state index in [1.165, 1.54) is 44.9 Å². The molecule has 5 aliphatic rings. The number of nitrogens with two attached hydrogens (primary N) is 1. The van der Waals surface area contributed by atoms with Crippen molar-refractivity contribution >= 4 is 0 Å². The Hall–Kier alpha value is -0.120. The molecule has 3 nitrogen and oxygen atoms in total. The Morgan fingerprint density at radius 2 is 1.67 bits per heavy atom. The predicted molar refractivity (Wildman–Crippen MR) is 85.0 cm³/mol. The summed E-state index contributed by atoms with van der Waals surface area (Å²) in [5, 5.41) is 0. The summed E-state index contributed by atoms with van der Waals surface area (Å²) in [5.41, 5.74) is 6.66.